The molecule has 0 N–H and O–H groups in total. The maximum atomic E-state index is 4.51. The zero-order valence-corrected chi connectivity index (χ0v) is 25.8. The van der Waals surface area contributed by atoms with Gasteiger partial charge < -0.3 is 19.6 Å². The maximum absolute atomic E-state index is 4.51. The van der Waals surface area contributed by atoms with E-state index in [1.54, 1.807) is 23.5 Å². The lowest BCUT2D eigenvalue weighted by Gasteiger charge is -2.26. The second kappa shape index (κ2) is 15.7. The van der Waals surface area contributed by atoms with Crippen molar-refractivity contribution in [2.45, 2.75) is 51.5 Å². The predicted molar refractivity (Wildman–Crippen MR) is 173 cm³/mol. The van der Waals surface area contributed by atoms with Crippen LogP contribution in [0.5, 0.6) is 0 Å². The molecule has 2 aliphatic heterocycles. The molecule has 0 amide bonds. The van der Waals surface area contributed by atoms with Crippen LogP contribution in [0.15, 0.2) is 92.2 Å². The minimum absolute atomic E-state index is 0.0496. The molecular formula is C30H42N8S2. The molecule has 0 aliphatic carbocycles. The summed E-state index contributed by atoms with van der Waals surface area (Å²) in [7, 11) is 0. The smallest absolute Gasteiger partial charge is 0.193 e. The van der Waals surface area contributed by atoms with E-state index in [9.17, 15) is 0 Å². The standard InChI is InChI=1S/C30H42N8S2/c1-5-35(27-15-11-25(12-16-27)31-33-29-37(7-3)21-23-39-29)19-9-10-20-36(6-2)28-17-13-26(14-18-28)32-34-30-38(8-4)22-24-40-30/h11-18,21-24,29-30H,5-10,19-20H2,1-4H3. The highest BCUT2D eigenvalue weighted by molar-refractivity contribution is 8.03. The normalized spacial score (nSPS) is 18.6. The molecule has 2 heterocycles. The van der Waals surface area contributed by atoms with E-state index in [0.29, 0.717) is 0 Å². The number of nitrogens with zero attached hydrogens (tertiary/aromatic N) is 8. The van der Waals surface area contributed by atoms with E-state index < -0.39 is 0 Å². The van der Waals surface area contributed by atoms with Crippen LogP contribution in [0.1, 0.15) is 40.5 Å². The minimum atomic E-state index is 0.0496. The third kappa shape index (κ3) is 8.27. The molecule has 214 valence electrons. The number of azo groups is 2. The Hall–Kier alpha value is -2.98. The van der Waals surface area contributed by atoms with E-state index in [2.05, 4.69) is 139 Å². The van der Waals surface area contributed by atoms with Gasteiger partial charge in [-0.2, -0.15) is 20.5 Å². The van der Waals surface area contributed by atoms with Crippen molar-refractivity contribution in [3.05, 3.63) is 71.7 Å². The molecule has 0 saturated carbocycles. The van der Waals surface area contributed by atoms with Gasteiger partial charge in [0.15, 0.2) is 11.0 Å². The molecule has 2 unspecified atom stereocenters. The van der Waals surface area contributed by atoms with E-state index in [1.807, 2.05) is 0 Å². The van der Waals surface area contributed by atoms with Crippen LogP contribution in [0.2, 0.25) is 0 Å². The molecule has 40 heavy (non-hydrogen) atoms. The SMILES string of the molecule is CCN(CCCCN(CC)c1ccc(N=NC2SC=CN2CC)cc1)c1ccc(N=NC2SC=CN2CC)cc1. The molecule has 2 atom stereocenters. The van der Waals surface area contributed by atoms with E-state index in [0.717, 1.165) is 63.5 Å². The van der Waals surface area contributed by atoms with Gasteiger partial charge >= 0.3 is 0 Å². The number of hydrogen-bond acceptors (Lipinski definition) is 10. The summed E-state index contributed by atoms with van der Waals surface area (Å²) in [5.74, 6) is 0. The summed E-state index contributed by atoms with van der Waals surface area (Å²) < 4.78 is 0. The van der Waals surface area contributed by atoms with Crippen LogP contribution in [0.25, 0.3) is 0 Å². The fourth-order valence-corrected chi connectivity index (χ4v) is 6.31. The zero-order valence-electron chi connectivity index (χ0n) is 24.1. The van der Waals surface area contributed by atoms with Crippen molar-refractivity contribution in [3.8, 4) is 0 Å². The fraction of sp³-hybridized carbons (Fsp3) is 0.467. The van der Waals surface area contributed by atoms with Gasteiger partial charge in [-0.25, -0.2) is 0 Å². The van der Waals surface area contributed by atoms with Gasteiger partial charge in [-0.15, -0.1) is 0 Å². The third-order valence-electron chi connectivity index (χ3n) is 7.05. The number of thioether (sulfide) groups is 2. The van der Waals surface area contributed by atoms with E-state index >= 15 is 0 Å². The number of rotatable bonds is 15. The van der Waals surface area contributed by atoms with Crippen LogP contribution in [0, 0.1) is 0 Å². The second-order valence-corrected chi connectivity index (χ2v) is 11.4. The molecular weight excluding hydrogens is 537 g/mol. The summed E-state index contributed by atoms with van der Waals surface area (Å²) in [6, 6.07) is 16.9. The van der Waals surface area contributed by atoms with Crippen molar-refractivity contribution in [1.82, 2.24) is 9.80 Å². The molecule has 10 heteroatoms. The molecule has 0 saturated heterocycles. The van der Waals surface area contributed by atoms with Crippen LogP contribution >= 0.6 is 23.5 Å². The van der Waals surface area contributed by atoms with Gasteiger partial charge in [0.1, 0.15) is 0 Å². The Bertz CT molecular complexity index is 1060. The first-order valence-electron chi connectivity index (χ1n) is 14.3. The average Bonchev–Trinajstić information content (AvgIpc) is 3.66. The van der Waals surface area contributed by atoms with Crippen LogP contribution in [-0.2, 0) is 0 Å². The molecule has 2 aromatic rings. The summed E-state index contributed by atoms with van der Waals surface area (Å²) in [5, 5.41) is 22.1. The molecule has 0 bridgehead atoms. The van der Waals surface area contributed by atoms with Crippen molar-refractivity contribution >= 4 is 46.3 Å². The highest BCUT2D eigenvalue weighted by Gasteiger charge is 2.18. The lowest BCUT2D eigenvalue weighted by atomic mass is 10.2. The first-order valence-corrected chi connectivity index (χ1v) is 16.2. The van der Waals surface area contributed by atoms with Crippen LogP contribution in [0.4, 0.5) is 22.7 Å². The summed E-state index contributed by atoms with van der Waals surface area (Å²) >= 11 is 3.38. The number of hydrogen-bond donors (Lipinski definition) is 0. The average molecular weight is 579 g/mol. The molecule has 0 fully saturated rings. The Kier molecular flexibility index (Phi) is 11.8. The quantitative estimate of drug-likeness (QED) is 0.156. The largest absolute Gasteiger partial charge is 0.372 e. The molecule has 0 spiro atoms. The Balaban J connectivity index is 1.22. The summed E-state index contributed by atoms with van der Waals surface area (Å²) in [6.07, 6.45) is 6.43. The van der Waals surface area contributed by atoms with E-state index in [4.69, 9.17) is 0 Å². The van der Waals surface area contributed by atoms with Crippen molar-refractivity contribution < 1.29 is 0 Å². The monoisotopic (exact) mass is 578 g/mol. The topological polar surface area (TPSA) is 62.4 Å². The van der Waals surface area contributed by atoms with Crippen molar-refractivity contribution in [3.63, 3.8) is 0 Å². The van der Waals surface area contributed by atoms with Crippen LogP contribution in [0.3, 0.4) is 0 Å². The van der Waals surface area contributed by atoms with Crippen LogP contribution < -0.4 is 9.80 Å². The maximum Gasteiger partial charge on any atom is 0.193 e. The highest BCUT2D eigenvalue weighted by Crippen LogP contribution is 2.29. The first-order chi connectivity index (χ1) is 19.6. The fourth-order valence-electron chi connectivity index (χ4n) is 4.62. The van der Waals surface area contributed by atoms with Gasteiger partial charge in [-0.3, -0.25) is 0 Å². The summed E-state index contributed by atoms with van der Waals surface area (Å²) in [5.41, 5.74) is 4.36. The van der Waals surface area contributed by atoms with Crippen molar-refractivity contribution in [1.29, 1.82) is 0 Å². The van der Waals surface area contributed by atoms with Crippen LogP contribution in [-0.4, -0.2) is 60.1 Å². The Morgan fingerprint density at radius 1 is 0.625 bits per heavy atom. The summed E-state index contributed by atoms with van der Waals surface area (Å²) in [6.45, 7) is 14.6. The molecule has 8 nitrogen and oxygen atoms in total. The molecule has 2 aromatic carbocycles. The Labute approximate surface area is 248 Å². The van der Waals surface area contributed by atoms with Gasteiger partial charge in [0, 0.05) is 63.0 Å². The Morgan fingerprint density at radius 3 is 1.38 bits per heavy atom. The molecule has 4 rings (SSSR count). The zero-order chi connectivity index (χ0) is 28.2. The number of unbranched alkanes of at least 4 members (excludes halogenated alkanes) is 1. The van der Waals surface area contributed by atoms with Gasteiger partial charge in [-0.1, -0.05) is 23.5 Å². The van der Waals surface area contributed by atoms with Gasteiger partial charge in [-0.05, 0) is 99.9 Å². The lowest BCUT2D eigenvalue weighted by molar-refractivity contribution is 0.380. The second-order valence-electron chi connectivity index (χ2n) is 9.49. The summed E-state index contributed by atoms with van der Waals surface area (Å²) in [4.78, 5) is 9.23. The van der Waals surface area contributed by atoms with E-state index in [-0.39, 0.29) is 11.0 Å². The van der Waals surface area contributed by atoms with Gasteiger partial charge in [0.25, 0.3) is 0 Å². The number of anilines is 2. The van der Waals surface area contributed by atoms with Gasteiger partial charge in [0.2, 0.25) is 0 Å². The molecule has 0 aromatic heterocycles. The van der Waals surface area contributed by atoms with E-state index in [1.165, 1.54) is 11.4 Å². The minimum Gasteiger partial charge on any atom is -0.372 e. The highest BCUT2D eigenvalue weighted by atomic mass is 32.2. The number of benzene rings is 2. The van der Waals surface area contributed by atoms with Gasteiger partial charge in [0.05, 0.1) is 11.4 Å². The molecule has 0 radical (unpaired) electrons. The van der Waals surface area contributed by atoms with Crippen molar-refractivity contribution in [2.75, 3.05) is 49.1 Å². The third-order valence-corrected chi connectivity index (χ3v) is 8.82. The van der Waals surface area contributed by atoms with Crippen molar-refractivity contribution in [2.24, 2.45) is 20.5 Å². The molecule has 2 aliphatic rings. The predicted octanol–water partition coefficient (Wildman–Crippen LogP) is 8.63. The first kappa shape index (κ1) is 30.0. The Morgan fingerprint density at radius 2 is 1.02 bits per heavy atom. The lowest BCUT2D eigenvalue weighted by Crippen LogP contribution is -2.27.